The molecule has 0 spiro atoms. The summed E-state index contributed by atoms with van der Waals surface area (Å²) in [6.07, 6.45) is 1.75. The lowest BCUT2D eigenvalue weighted by Gasteiger charge is -2.12. The molecule has 0 aromatic heterocycles. The second-order valence-electron chi connectivity index (χ2n) is 4.83. The summed E-state index contributed by atoms with van der Waals surface area (Å²) in [6, 6.07) is 12.2. The molecule has 0 aliphatic carbocycles. The summed E-state index contributed by atoms with van der Waals surface area (Å²) < 4.78 is 5.28. The Morgan fingerprint density at radius 3 is 2.85 bits per heavy atom. The third kappa shape index (κ3) is 3.53. The van der Waals surface area contributed by atoms with Gasteiger partial charge < -0.3 is 9.84 Å². The van der Waals surface area contributed by atoms with Gasteiger partial charge in [0.15, 0.2) is 0 Å². The molecule has 20 heavy (non-hydrogen) atoms. The van der Waals surface area contributed by atoms with Crippen LogP contribution in [0.1, 0.15) is 25.3 Å². The fraction of sp³-hybridized carbons (Fsp3) is 0.333. The second-order valence-corrected chi connectivity index (χ2v) is 4.83. The Morgan fingerprint density at radius 1 is 1.25 bits per heavy atom. The van der Waals surface area contributed by atoms with Gasteiger partial charge in [0.1, 0.15) is 5.75 Å². The van der Waals surface area contributed by atoms with E-state index in [0.717, 1.165) is 23.1 Å². The summed E-state index contributed by atoms with van der Waals surface area (Å²) in [5.74, 6) is 6.69. The van der Waals surface area contributed by atoms with Gasteiger partial charge in [-0.05, 0) is 48.2 Å². The summed E-state index contributed by atoms with van der Waals surface area (Å²) in [5, 5.41) is 12.4. The number of rotatable bonds is 5. The summed E-state index contributed by atoms with van der Waals surface area (Å²) >= 11 is 0. The quantitative estimate of drug-likeness (QED) is 0.840. The van der Waals surface area contributed by atoms with Crippen molar-refractivity contribution in [2.24, 2.45) is 0 Å². The number of aliphatic hydroxyl groups is 1. The Morgan fingerprint density at radius 2 is 2.10 bits per heavy atom. The first-order valence-electron chi connectivity index (χ1n) is 6.88. The molecular weight excluding hydrogens is 248 g/mol. The molecule has 1 unspecified atom stereocenters. The van der Waals surface area contributed by atoms with Gasteiger partial charge >= 0.3 is 0 Å². The summed E-state index contributed by atoms with van der Waals surface area (Å²) in [6.45, 7) is 1.82. The van der Waals surface area contributed by atoms with Crippen LogP contribution >= 0.6 is 0 Å². The SMILES string of the molecule is CC#CCCC(O)Cc1cccc2ccc(OC)cc12. The van der Waals surface area contributed by atoms with Crippen molar-refractivity contribution < 1.29 is 9.84 Å². The topological polar surface area (TPSA) is 29.5 Å². The average Bonchev–Trinajstić information content (AvgIpc) is 2.47. The minimum Gasteiger partial charge on any atom is -0.497 e. The zero-order chi connectivity index (χ0) is 14.4. The zero-order valence-electron chi connectivity index (χ0n) is 12.0. The molecule has 1 N–H and O–H groups in total. The maximum atomic E-state index is 10.1. The van der Waals surface area contributed by atoms with E-state index in [-0.39, 0.29) is 6.10 Å². The predicted octanol–water partition coefficient (Wildman–Crippen LogP) is 3.56. The number of hydrogen-bond acceptors (Lipinski definition) is 2. The van der Waals surface area contributed by atoms with Crippen molar-refractivity contribution in [2.45, 2.75) is 32.3 Å². The van der Waals surface area contributed by atoms with Crippen molar-refractivity contribution in [1.29, 1.82) is 0 Å². The molecular formula is C18H20O2. The second kappa shape index (κ2) is 6.98. The molecule has 104 valence electrons. The molecule has 2 heteroatoms. The third-order valence-electron chi connectivity index (χ3n) is 3.41. The van der Waals surface area contributed by atoms with E-state index in [1.54, 1.807) is 7.11 Å². The number of ether oxygens (including phenoxy) is 1. The van der Waals surface area contributed by atoms with E-state index in [9.17, 15) is 5.11 Å². The van der Waals surface area contributed by atoms with Crippen LogP contribution < -0.4 is 4.74 Å². The summed E-state index contributed by atoms with van der Waals surface area (Å²) in [7, 11) is 1.67. The fourth-order valence-electron chi connectivity index (χ4n) is 2.34. The third-order valence-corrected chi connectivity index (χ3v) is 3.41. The van der Waals surface area contributed by atoms with Crippen LogP contribution in [0.3, 0.4) is 0 Å². The van der Waals surface area contributed by atoms with E-state index < -0.39 is 0 Å². The highest BCUT2D eigenvalue weighted by Crippen LogP contribution is 2.25. The van der Waals surface area contributed by atoms with Gasteiger partial charge in [0.25, 0.3) is 0 Å². The van der Waals surface area contributed by atoms with Gasteiger partial charge in [0.05, 0.1) is 13.2 Å². The fourth-order valence-corrected chi connectivity index (χ4v) is 2.34. The molecule has 0 saturated heterocycles. The number of hydrogen-bond donors (Lipinski definition) is 1. The lowest BCUT2D eigenvalue weighted by Crippen LogP contribution is -2.10. The van der Waals surface area contributed by atoms with Gasteiger partial charge in [-0.3, -0.25) is 0 Å². The number of fused-ring (bicyclic) bond motifs is 1. The molecule has 2 nitrogen and oxygen atoms in total. The maximum Gasteiger partial charge on any atom is 0.119 e. The first kappa shape index (κ1) is 14.4. The molecule has 2 rings (SSSR count). The van der Waals surface area contributed by atoms with Crippen LogP contribution in [0, 0.1) is 11.8 Å². The van der Waals surface area contributed by atoms with Crippen molar-refractivity contribution in [3.63, 3.8) is 0 Å². The highest BCUT2D eigenvalue weighted by molar-refractivity contribution is 5.87. The average molecular weight is 268 g/mol. The van der Waals surface area contributed by atoms with Crippen LogP contribution in [0.15, 0.2) is 36.4 Å². The monoisotopic (exact) mass is 268 g/mol. The highest BCUT2D eigenvalue weighted by Gasteiger charge is 2.08. The van der Waals surface area contributed by atoms with Gasteiger partial charge in [-0.2, -0.15) is 0 Å². The molecule has 0 aliphatic heterocycles. The number of benzene rings is 2. The van der Waals surface area contributed by atoms with Gasteiger partial charge in [-0.1, -0.05) is 24.3 Å². The first-order valence-corrected chi connectivity index (χ1v) is 6.88. The Labute approximate surface area is 120 Å². The predicted molar refractivity (Wildman–Crippen MR) is 82.9 cm³/mol. The van der Waals surface area contributed by atoms with Crippen molar-refractivity contribution in [2.75, 3.05) is 7.11 Å². The lowest BCUT2D eigenvalue weighted by molar-refractivity contribution is 0.167. The summed E-state index contributed by atoms with van der Waals surface area (Å²) in [4.78, 5) is 0. The van der Waals surface area contributed by atoms with Crippen molar-refractivity contribution >= 4 is 10.8 Å². The van der Waals surface area contributed by atoms with E-state index in [2.05, 4.69) is 24.0 Å². The van der Waals surface area contributed by atoms with Crippen molar-refractivity contribution in [3.8, 4) is 17.6 Å². The standard InChI is InChI=1S/C18H20O2/c1-3-4-5-9-16(19)12-15-8-6-7-14-10-11-17(20-2)13-18(14)15/h6-8,10-11,13,16,19H,5,9,12H2,1-2H3. The van der Waals surface area contributed by atoms with E-state index >= 15 is 0 Å². The molecule has 0 heterocycles. The smallest absolute Gasteiger partial charge is 0.119 e. The first-order chi connectivity index (χ1) is 9.74. The van der Waals surface area contributed by atoms with Crippen LogP contribution in [-0.4, -0.2) is 18.3 Å². The van der Waals surface area contributed by atoms with Crippen LogP contribution in [-0.2, 0) is 6.42 Å². The Balaban J connectivity index is 2.21. The molecule has 0 saturated carbocycles. The van der Waals surface area contributed by atoms with Crippen LogP contribution in [0.5, 0.6) is 5.75 Å². The normalized spacial score (nSPS) is 11.8. The van der Waals surface area contributed by atoms with Gasteiger partial charge in [-0.15, -0.1) is 11.8 Å². The van der Waals surface area contributed by atoms with Crippen LogP contribution in [0.2, 0.25) is 0 Å². The van der Waals surface area contributed by atoms with Crippen LogP contribution in [0.4, 0.5) is 0 Å². The molecule has 0 amide bonds. The molecule has 2 aromatic carbocycles. The number of methoxy groups -OCH3 is 1. The zero-order valence-corrected chi connectivity index (χ0v) is 12.0. The molecule has 1 atom stereocenters. The molecule has 0 radical (unpaired) electrons. The van der Waals surface area contributed by atoms with Crippen molar-refractivity contribution in [3.05, 3.63) is 42.0 Å². The lowest BCUT2D eigenvalue weighted by atomic mass is 9.98. The van der Waals surface area contributed by atoms with Crippen LogP contribution in [0.25, 0.3) is 10.8 Å². The molecule has 0 aliphatic rings. The minimum atomic E-state index is -0.354. The van der Waals surface area contributed by atoms with Crippen molar-refractivity contribution in [1.82, 2.24) is 0 Å². The van der Waals surface area contributed by atoms with E-state index in [1.165, 1.54) is 5.39 Å². The molecule has 0 bridgehead atoms. The Bertz CT molecular complexity index is 635. The van der Waals surface area contributed by atoms with E-state index in [4.69, 9.17) is 4.74 Å². The van der Waals surface area contributed by atoms with Gasteiger partial charge in [-0.25, -0.2) is 0 Å². The largest absolute Gasteiger partial charge is 0.497 e. The Kier molecular flexibility index (Phi) is 5.03. The molecule has 0 fully saturated rings. The van der Waals surface area contributed by atoms with E-state index in [0.29, 0.717) is 12.8 Å². The summed E-state index contributed by atoms with van der Waals surface area (Å²) in [5.41, 5.74) is 1.15. The highest BCUT2D eigenvalue weighted by atomic mass is 16.5. The van der Waals surface area contributed by atoms with Gasteiger partial charge in [0, 0.05) is 6.42 Å². The van der Waals surface area contributed by atoms with E-state index in [1.807, 2.05) is 31.2 Å². The minimum absolute atomic E-state index is 0.354. The Hall–Kier alpha value is -1.98. The van der Waals surface area contributed by atoms with Gasteiger partial charge in [0.2, 0.25) is 0 Å². The number of aliphatic hydroxyl groups excluding tert-OH is 1. The molecule has 2 aromatic rings. The maximum absolute atomic E-state index is 10.1.